The van der Waals surface area contributed by atoms with Gasteiger partial charge >= 0.3 is 0 Å². The van der Waals surface area contributed by atoms with Gasteiger partial charge in [0.2, 0.25) is 0 Å². The van der Waals surface area contributed by atoms with Gasteiger partial charge in [-0.3, -0.25) is 19.9 Å². The Morgan fingerprint density at radius 1 is 1.00 bits per heavy atom. The highest BCUT2D eigenvalue weighted by atomic mass is 35.5. The zero-order valence-electron chi connectivity index (χ0n) is 15.4. The van der Waals surface area contributed by atoms with Gasteiger partial charge in [-0.05, 0) is 42.5 Å². The SMILES string of the molecule is O=C(Nc1cccc2ncccc12)c1ccccc1Sc1c(Cl)cccc1[N+](=O)[O-]. The summed E-state index contributed by atoms with van der Waals surface area (Å²) in [6, 6.07) is 20.6. The molecule has 6 nitrogen and oxygen atoms in total. The molecule has 0 radical (unpaired) electrons. The summed E-state index contributed by atoms with van der Waals surface area (Å²) in [6.07, 6.45) is 1.69. The van der Waals surface area contributed by atoms with Crippen molar-refractivity contribution in [3.05, 3.63) is 99.7 Å². The molecule has 3 aromatic carbocycles. The summed E-state index contributed by atoms with van der Waals surface area (Å²) < 4.78 is 0. The van der Waals surface area contributed by atoms with Gasteiger partial charge in [0.25, 0.3) is 11.6 Å². The fraction of sp³-hybridized carbons (Fsp3) is 0. The van der Waals surface area contributed by atoms with Gasteiger partial charge < -0.3 is 5.32 Å². The van der Waals surface area contributed by atoms with Crippen LogP contribution >= 0.6 is 23.4 Å². The van der Waals surface area contributed by atoms with Gasteiger partial charge in [-0.15, -0.1) is 0 Å². The molecule has 4 aromatic rings. The molecular weight excluding hydrogens is 422 g/mol. The summed E-state index contributed by atoms with van der Waals surface area (Å²) in [4.78, 5) is 29.1. The Bertz CT molecular complexity index is 1270. The number of benzene rings is 3. The lowest BCUT2D eigenvalue weighted by atomic mass is 10.1. The van der Waals surface area contributed by atoms with E-state index in [1.54, 1.807) is 48.7 Å². The second-order valence-electron chi connectivity index (χ2n) is 6.27. The highest BCUT2D eigenvalue weighted by Gasteiger charge is 2.21. The van der Waals surface area contributed by atoms with E-state index in [1.165, 1.54) is 12.1 Å². The number of nitrogens with zero attached hydrogens (tertiary/aromatic N) is 2. The molecule has 30 heavy (non-hydrogen) atoms. The number of anilines is 1. The molecule has 0 saturated carbocycles. The van der Waals surface area contributed by atoms with E-state index < -0.39 is 4.92 Å². The van der Waals surface area contributed by atoms with Crippen molar-refractivity contribution in [3.8, 4) is 0 Å². The van der Waals surface area contributed by atoms with E-state index in [4.69, 9.17) is 11.6 Å². The van der Waals surface area contributed by atoms with Crippen LogP contribution in [-0.2, 0) is 0 Å². The molecule has 4 rings (SSSR count). The minimum atomic E-state index is -0.486. The third-order valence-corrected chi connectivity index (χ3v) is 6.02. The topological polar surface area (TPSA) is 85.1 Å². The quantitative estimate of drug-likeness (QED) is 0.298. The number of hydrogen-bond donors (Lipinski definition) is 1. The molecule has 0 spiro atoms. The van der Waals surface area contributed by atoms with Crippen molar-refractivity contribution in [3.63, 3.8) is 0 Å². The number of nitro groups is 1. The third kappa shape index (κ3) is 3.98. The van der Waals surface area contributed by atoms with Crippen LogP contribution < -0.4 is 5.32 Å². The Labute approximate surface area is 181 Å². The van der Waals surface area contributed by atoms with Crippen LogP contribution in [0.25, 0.3) is 10.9 Å². The highest BCUT2D eigenvalue weighted by Crippen LogP contribution is 2.41. The highest BCUT2D eigenvalue weighted by molar-refractivity contribution is 7.99. The first kappa shape index (κ1) is 19.9. The number of pyridine rings is 1. The van der Waals surface area contributed by atoms with Gasteiger partial charge in [0.05, 0.1) is 26.7 Å². The molecule has 0 bridgehead atoms. The number of rotatable bonds is 5. The Kier molecular flexibility index (Phi) is 5.65. The first-order valence-corrected chi connectivity index (χ1v) is 10.1. The number of amides is 1. The summed E-state index contributed by atoms with van der Waals surface area (Å²) in [5.41, 5.74) is 1.68. The Morgan fingerprint density at radius 3 is 2.63 bits per heavy atom. The molecule has 0 fully saturated rings. The number of carbonyl (C=O) groups is 1. The second-order valence-corrected chi connectivity index (χ2v) is 7.73. The second kappa shape index (κ2) is 8.52. The predicted octanol–water partition coefficient (Wildman–Crippen LogP) is 6.20. The summed E-state index contributed by atoms with van der Waals surface area (Å²) in [5, 5.41) is 15.4. The summed E-state index contributed by atoms with van der Waals surface area (Å²) >= 11 is 7.31. The molecule has 1 amide bonds. The van der Waals surface area contributed by atoms with Crippen molar-refractivity contribution in [2.24, 2.45) is 0 Å². The maximum Gasteiger partial charge on any atom is 0.284 e. The van der Waals surface area contributed by atoms with E-state index in [1.807, 2.05) is 18.2 Å². The Balaban J connectivity index is 1.69. The minimum Gasteiger partial charge on any atom is -0.321 e. The van der Waals surface area contributed by atoms with Gasteiger partial charge in [-0.2, -0.15) is 0 Å². The standard InChI is InChI=1S/C22H14ClN3O3S/c23-16-8-3-11-19(26(28)29)21(16)30-20-12-2-1-6-15(20)22(27)25-18-10-4-9-17-14(18)7-5-13-24-17/h1-13H,(H,25,27). The summed E-state index contributed by atoms with van der Waals surface area (Å²) in [5.74, 6) is -0.329. The molecule has 0 aliphatic rings. The molecular formula is C22H14ClN3O3S. The molecule has 8 heteroatoms. The van der Waals surface area contributed by atoms with Crippen LogP contribution in [0.5, 0.6) is 0 Å². The fourth-order valence-corrected chi connectivity index (χ4v) is 4.33. The first-order chi connectivity index (χ1) is 14.5. The van der Waals surface area contributed by atoms with Crippen LogP contribution in [0.3, 0.4) is 0 Å². The molecule has 0 atom stereocenters. The number of hydrogen-bond acceptors (Lipinski definition) is 5. The van der Waals surface area contributed by atoms with E-state index in [0.717, 1.165) is 22.7 Å². The van der Waals surface area contributed by atoms with E-state index in [2.05, 4.69) is 10.3 Å². The lowest BCUT2D eigenvalue weighted by Crippen LogP contribution is -2.13. The third-order valence-electron chi connectivity index (χ3n) is 4.38. The van der Waals surface area contributed by atoms with Gasteiger partial charge in [-0.1, -0.05) is 47.6 Å². The predicted molar refractivity (Wildman–Crippen MR) is 118 cm³/mol. The van der Waals surface area contributed by atoms with E-state index in [9.17, 15) is 14.9 Å². The van der Waals surface area contributed by atoms with Crippen LogP contribution in [0.4, 0.5) is 11.4 Å². The maximum absolute atomic E-state index is 13.1. The zero-order chi connectivity index (χ0) is 21.1. The van der Waals surface area contributed by atoms with Crippen molar-refractivity contribution in [1.82, 2.24) is 4.98 Å². The number of carbonyl (C=O) groups excluding carboxylic acids is 1. The summed E-state index contributed by atoms with van der Waals surface area (Å²) in [6.45, 7) is 0. The van der Waals surface area contributed by atoms with Gasteiger partial charge in [0.15, 0.2) is 0 Å². The number of nitrogens with one attached hydrogen (secondary N) is 1. The van der Waals surface area contributed by atoms with Crippen LogP contribution in [0.15, 0.2) is 88.8 Å². The monoisotopic (exact) mass is 435 g/mol. The maximum atomic E-state index is 13.1. The number of nitro benzene ring substituents is 1. The molecule has 0 aliphatic carbocycles. The lowest BCUT2D eigenvalue weighted by Gasteiger charge is -2.12. The average Bonchev–Trinajstić information content (AvgIpc) is 2.75. The van der Waals surface area contributed by atoms with E-state index in [0.29, 0.717) is 21.0 Å². The molecule has 1 aromatic heterocycles. The minimum absolute atomic E-state index is 0.108. The number of fused-ring (bicyclic) bond motifs is 1. The van der Waals surface area contributed by atoms with Crippen molar-refractivity contribution < 1.29 is 9.72 Å². The van der Waals surface area contributed by atoms with Gasteiger partial charge in [0, 0.05) is 22.5 Å². The summed E-state index contributed by atoms with van der Waals surface area (Å²) in [7, 11) is 0. The number of aromatic nitrogens is 1. The van der Waals surface area contributed by atoms with Gasteiger partial charge in [0.1, 0.15) is 4.90 Å². The normalized spacial score (nSPS) is 10.7. The molecule has 1 N–H and O–H groups in total. The first-order valence-electron chi connectivity index (χ1n) is 8.89. The van der Waals surface area contributed by atoms with Crippen LogP contribution in [0.1, 0.15) is 10.4 Å². The Hall–Kier alpha value is -3.42. The zero-order valence-corrected chi connectivity index (χ0v) is 17.0. The molecule has 0 unspecified atom stereocenters. The van der Waals surface area contributed by atoms with Crippen LogP contribution in [0.2, 0.25) is 5.02 Å². The largest absolute Gasteiger partial charge is 0.321 e. The molecule has 0 saturated heterocycles. The van der Waals surface area contributed by atoms with Crippen LogP contribution in [0, 0.1) is 10.1 Å². The van der Waals surface area contributed by atoms with Gasteiger partial charge in [-0.25, -0.2) is 0 Å². The van der Waals surface area contributed by atoms with Crippen LogP contribution in [-0.4, -0.2) is 15.8 Å². The fourth-order valence-electron chi connectivity index (χ4n) is 3.00. The molecule has 0 aliphatic heterocycles. The van der Waals surface area contributed by atoms with Crippen molar-refractivity contribution in [2.75, 3.05) is 5.32 Å². The molecule has 148 valence electrons. The van der Waals surface area contributed by atoms with Crippen molar-refractivity contribution in [1.29, 1.82) is 0 Å². The van der Waals surface area contributed by atoms with E-state index >= 15 is 0 Å². The average molecular weight is 436 g/mol. The Morgan fingerprint density at radius 2 is 1.80 bits per heavy atom. The van der Waals surface area contributed by atoms with Crippen molar-refractivity contribution in [2.45, 2.75) is 9.79 Å². The molecule has 1 heterocycles. The lowest BCUT2D eigenvalue weighted by molar-refractivity contribution is -0.387. The van der Waals surface area contributed by atoms with E-state index in [-0.39, 0.29) is 16.6 Å². The van der Waals surface area contributed by atoms with Crippen molar-refractivity contribution >= 4 is 51.5 Å². The number of halogens is 1. The smallest absolute Gasteiger partial charge is 0.284 e.